The SMILES string of the molecule is Brc1ccc(I(Br)c2cccs2)cc1. The minimum absolute atomic E-state index is 1.14. The maximum atomic E-state index is 3.85. The first-order chi connectivity index (χ1) is 6.77. The Hall–Kier alpha value is 0.610. The Kier molecular flexibility index (Phi) is 4.04. The van der Waals surface area contributed by atoms with Gasteiger partial charge in [0.1, 0.15) is 0 Å². The summed E-state index contributed by atoms with van der Waals surface area (Å²) in [7, 11) is 0. The molecule has 0 aliphatic carbocycles. The second-order valence-electron chi connectivity index (χ2n) is 2.59. The van der Waals surface area contributed by atoms with Crippen LogP contribution in [0, 0.1) is 6.45 Å². The molecule has 0 aliphatic rings. The van der Waals surface area contributed by atoms with E-state index < -0.39 is 17.6 Å². The van der Waals surface area contributed by atoms with E-state index in [1.165, 1.54) is 6.45 Å². The van der Waals surface area contributed by atoms with E-state index in [1.807, 2.05) is 11.3 Å². The number of benzene rings is 1. The Balaban J connectivity index is 2.28. The molecule has 74 valence electrons. The van der Waals surface area contributed by atoms with Crippen molar-refractivity contribution in [3.8, 4) is 0 Å². The van der Waals surface area contributed by atoms with Crippen molar-refractivity contribution < 1.29 is 0 Å². The predicted octanol–water partition coefficient (Wildman–Crippen LogP) is 5.37. The van der Waals surface area contributed by atoms with Crippen molar-refractivity contribution in [2.75, 3.05) is 0 Å². The summed E-state index contributed by atoms with van der Waals surface area (Å²) >= 11 is 7.88. The Morgan fingerprint density at radius 3 is 2.36 bits per heavy atom. The molecule has 0 saturated carbocycles. The quantitative estimate of drug-likeness (QED) is 0.545. The second kappa shape index (κ2) is 5.09. The third kappa shape index (κ3) is 2.59. The molecule has 0 radical (unpaired) electrons. The molecule has 1 aromatic carbocycles. The Morgan fingerprint density at radius 1 is 1.07 bits per heavy atom. The summed E-state index contributed by atoms with van der Waals surface area (Å²) in [6.07, 6.45) is 0. The van der Waals surface area contributed by atoms with Crippen molar-refractivity contribution in [2.45, 2.75) is 0 Å². The second-order valence-corrected chi connectivity index (χ2v) is 13.0. The molecule has 1 heterocycles. The van der Waals surface area contributed by atoms with Crippen LogP contribution in [0.4, 0.5) is 0 Å². The standard InChI is InChI=1S/C10H7Br2IS/c11-8-3-5-9(6-4-8)13(12)10-2-1-7-14-10/h1-7H. The zero-order chi connectivity index (χ0) is 9.97. The molecule has 0 spiro atoms. The van der Waals surface area contributed by atoms with Crippen LogP contribution in [0.2, 0.25) is 0 Å². The molecule has 0 bridgehead atoms. The van der Waals surface area contributed by atoms with Crippen molar-refractivity contribution in [1.29, 1.82) is 0 Å². The van der Waals surface area contributed by atoms with Crippen molar-refractivity contribution >= 4 is 57.6 Å². The number of rotatable bonds is 2. The molecule has 2 aromatic rings. The van der Waals surface area contributed by atoms with E-state index in [0.717, 1.165) is 4.47 Å². The van der Waals surface area contributed by atoms with Crippen LogP contribution < -0.4 is 0 Å². The monoisotopic (exact) mass is 444 g/mol. The van der Waals surface area contributed by atoms with Gasteiger partial charge in [-0.3, -0.25) is 0 Å². The van der Waals surface area contributed by atoms with Gasteiger partial charge in [0.2, 0.25) is 0 Å². The fourth-order valence-corrected chi connectivity index (χ4v) is 9.06. The van der Waals surface area contributed by atoms with Gasteiger partial charge in [0.25, 0.3) is 0 Å². The maximum absolute atomic E-state index is 3.85. The molecular formula is C10H7Br2IS. The average molecular weight is 446 g/mol. The van der Waals surface area contributed by atoms with Crippen molar-refractivity contribution in [2.24, 2.45) is 0 Å². The predicted molar refractivity (Wildman–Crippen MR) is 78.8 cm³/mol. The van der Waals surface area contributed by atoms with Crippen molar-refractivity contribution in [1.82, 2.24) is 0 Å². The summed E-state index contributed by atoms with van der Waals surface area (Å²) in [6, 6.07) is 12.9. The van der Waals surface area contributed by atoms with E-state index in [-0.39, 0.29) is 0 Å². The van der Waals surface area contributed by atoms with Crippen LogP contribution in [-0.2, 0) is 0 Å². The third-order valence-corrected chi connectivity index (χ3v) is 13.6. The first-order valence-corrected chi connectivity index (χ1v) is 12.6. The van der Waals surface area contributed by atoms with Gasteiger partial charge in [-0.2, -0.15) is 0 Å². The van der Waals surface area contributed by atoms with Gasteiger partial charge in [-0.1, -0.05) is 0 Å². The molecule has 1 aromatic heterocycles. The topological polar surface area (TPSA) is 0 Å². The number of halogens is 3. The van der Waals surface area contributed by atoms with Crippen LogP contribution in [-0.4, -0.2) is 0 Å². The van der Waals surface area contributed by atoms with Crippen molar-refractivity contribution in [3.05, 3.63) is 52.7 Å². The van der Waals surface area contributed by atoms with Gasteiger partial charge in [-0.25, -0.2) is 0 Å². The molecule has 0 nitrogen and oxygen atoms in total. The minimum atomic E-state index is -1.26. The molecule has 0 amide bonds. The molecule has 0 unspecified atom stereocenters. The number of hydrogen-bond acceptors (Lipinski definition) is 1. The van der Waals surface area contributed by atoms with Crippen LogP contribution in [0.5, 0.6) is 0 Å². The van der Waals surface area contributed by atoms with Crippen LogP contribution in [0.3, 0.4) is 0 Å². The van der Waals surface area contributed by atoms with Gasteiger partial charge in [-0.05, 0) is 0 Å². The fraction of sp³-hybridized carbons (Fsp3) is 0. The van der Waals surface area contributed by atoms with Crippen molar-refractivity contribution in [3.63, 3.8) is 0 Å². The summed E-state index contributed by atoms with van der Waals surface area (Å²) < 4.78 is 4.08. The molecule has 4 heteroatoms. The van der Waals surface area contributed by atoms with Gasteiger partial charge in [-0.15, -0.1) is 0 Å². The van der Waals surface area contributed by atoms with Crippen LogP contribution in [0.1, 0.15) is 0 Å². The van der Waals surface area contributed by atoms with E-state index in [0.29, 0.717) is 0 Å². The Labute approximate surface area is 109 Å². The van der Waals surface area contributed by atoms with E-state index in [4.69, 9.17) is 0 Å². The van der Waals surface area contributed by atoms with Crippen LogP contribution >= 0.6 is 57.6 Å². The summed E-state index contributed by atoms with van der Waals surface area (Å²) in [5, 5.41) is 2.14. The van der Waals surface area contributed by atoms with E-state index in [1.54, 1.807) is 0 Å². The molecule has 0 aliphatic heterocycles. The van der Waals surface area contributed by atoms with Crippen LogP contribution in [0.15, 0.2) is 46.3 Å². The van der Waals surface area contributed by atoms with Gasteiger partial charge < -0.3 is 0 Å². The summed E-state index contributed by atoms with van der Waals surface area (Å²) in [5.74, 6) is 0. The van der Waals surface area contributed by atoms with Gasteiger partial charge in [0, 0.05) is 0 Å². The molecular weight excluding hydrogens is 439 g/mol. The number of thiophene rings is 1. The third-order valence-electron chi connectivity index (χ3n) is 1.65. The zero-order valence-corrected chi connectivity index (χ0v) is 13.2. The van der Waals surface area contributed by atoms with Crippen LogP contribution in [0.25, 0.3) is 0 Å². The summed E-state index contributed by atoms with van der Waals surface area (Å²) in [5.41, 5.74) is 0. The molecule has 14 heavy (non-hydrogen) atoms. The van der Waals surface area contributed by atoms with Gasteiger partial charge in [0.15, 0.2) is 0 Å². The average Bonchev–Trinajstić information content (AvgIpc) is 2.71. The summed E-state index contributed by atoms with van der Waals surface area (Å²) in [6.45, 7) is 0. The van der Waals surface area contributed by atoms with Gasteiger partial charge >= 0.3 is 110 Å². The Bertz CT molecular complexity index is 397. The molecule has 0 atom stereocenters. The molecule has 2 rings (SSSR count). The summed E-state index contributed by atoms with van der Waals surface area (Å²) in [4.78, 5) is 0. The van der Waals surface area contributed by atoms with E-state index >= 15 is 0 Å². The first-order valence-electron chi connectivity index (χ1n) is 3.93. The molecule has 0 N–H and O–H groups in total. The zero-order valence-electron chi connectivity index (χ0n) is 7.08. The normalized spacial score (nSPS) is 11.4. The molecule has 0 saturated heterocycles. The fourth-order valence-electron chi connectivity index (χ4n) is 1.00. The first kappa shape index (κ1) is 11.1. The van der Waals surface area contributed by atoms with Gasteiger partial charge in [0.05, 0.1) is 0 Å². The Morgan fingerprint density at radius 2 is 1.79 bits per heavy atom. The number of hydrogen-bond donors (Lipinski definition) is 0. The van der Waals surface area contributed by atoms with E-state index in [2.05, 4.69) is 70.4 Å². The van der Waals surface area contributed by atoms with E-state index in [9.17, 15) is 0 Å². The molecule has 0 fully saturated rings.